The van der Waals surface area contributed by atoms with Gasteiger partial charge in [0.1, 0.15) is 5.75 Å². The number of nitrogens with one attached hydrogen (secondary N) is 1. The first-order chi connectivity index (χ1) is 13.6. The Labute approximate surface area is 170 Å². The molecule has 0 aliphatic rings. The molecular formula is C22H24ClN3O2. The number of hydrogen-bond acceptors (Lipinski definition) is 4. The molecule has 0 bridgehead atoms. The minimum absolute atomic E-state index is 0.0448. The molecule has 5 nitrogen and oxygen atoms in total. The number of amides is 1. The molecule has 6 heteroatoms. The van der Waals surface area contributed by atoms with Crippen molar-refractivity contribution >= 4 is 34.1 Å². The van der Waals surface area contributed by atoms with Crippen molar-refractivity contribution in [3.8, 4) is 5.75 Å². The summed E-state index contributed by atoms with van der Waals surface area (Å²) in [6.45, 7) is 5.78. The standard InChI is InChI=1S/C22H24ClN3O2/c1-4-26(5-2)22(27)19-14-24-20-11-8-16(23)12-18(20)21(19)25-13-15-6-9-17(28-3)10-7-15/h6-12,14H,4-5,13H2,1-3H3,(H,24,25). The second-order valence-corrected chi connectivity index (χ2v) is 6.82. The Bertz CT molecular complexity index is 969. The Kier molecular flexibility index (Phi) is 6.37. The van der Waals surface area contributed by atoms with Crippen LogP contribution in [-0.4, -0.2) is 36.0 Å². The van der Waals surface area contributed by atoms with Gasteiger partial charge in [0.25, 0.3) is 5.91 Å². The molecular weight excluding hydrogens is 374 g/mol. The Morgan fingerprint density at radius 1 is 1.14 bits per heavy atom. The maximum Gasteiger partial charge on any atom is 0.257 e. The van der Waals surface area contributed by atoms with Crippen molar-refractivity contribution in [3.05, 3.63) is 64.8 Å². The number of fused-ring (bicyclic) bond motifs is 1. The van der Waals surface area contributed by atoms with Gasteiger partial charge in [0.05, 0.1) is 23.9 Å². The molecule has 0 radical (unpaired) electrons. The molecule has 0 spiro atoms. The molecule has 0 aliphatic carbocycles. The van der Waals surface area contributed by atoms with E-state index in [4.69, 9.17) is 16.3 Å². The van der Waals surface area contributed by atoms with Crippen LogP contribution in [0.1, 0.15) is 29.8 Å². The van der Waals surface area contributed by atoms with E-state index in [1.165, 1.54) is 0 Å². The zero-order chi connectivity index (χ0) is 20.1. The molecule has 0 saturated carbocycles. The van der Waals surface area contributed by atoms with Crippen molar-refractivity contribution in [3.63, 3.8) is 0 Å². The van der Waals surface area contributed by atoms with Gasteiger partial charge in [-0.25, -0.2) is 0 Å². The summed E-state index contributed by atoms with van der Waals surface area (Å²) < 4.78 is 5.21. The topological polar surface area (TPSA) is 54.5 Å². The molecule has 0 fully saturated rings. The Morgan fingerprint density at radius 3 is 2.50 bits per heavy atom. The second-order valence-electron chi connectivity index (χ2n) is 6.39. The van der Waals surface area contributed by atoms with E-state index in [0.717, 1.165) is 27.9 Å². The predicted molar refractivity (Wildman–Crippen MR) is 114 cm³/mol. The molecule has 0 saturated heterocycles. The fourth-order valence-corrected chi connectivity index (χ4v) is 3.30. The van der Waals surface area contributed by atoms with Crippen LogP contribution in [-0.2, 0) is 6.54 Å². The first-order valence-electron chi connectivity index (χ1n) is 9.31. The first-order valence-corrected chi connectivity index (χ1v) is 9.69. The maximum atomic E-state index is 13.0. The Balaban J connectivity index is 2.01. The van der Waals surface area contributed by atoms with Gasteiger partial charge in [-0.15, -0.1) is 0 Å². The number of ether oxygens (including phenoxy) is 1. The van der Waals surface area contributed by atoms with Crippen molar-refractivity contribution < 1.29 is 9.53 Å². The van der Waals surface area contributed by atoms with Crippen LogP contribution >= 0.6 is 11.6 Å². The van der Waals surface area contributed by atoms with E-state index in [9.17, 15) is 4.79 Å². The third kappa shape index (κ3) is 4.20. The van der Waals surface area contributed by atoms with Gasteiger partial charge in [-0.3, -0.25) is 9.78 Å². The summed E-state index contributed by atoms with van der Waals surface area (Å²) in [6, 6.07) is 13.3. The van der Waals surface area contributed by atoms with Crippen LogP contribution in [0.25, 0.3) is 10.9 Å². The van der Waals surface area contributed by atoms with Gasteiger partial charge in [-0.05, 0) is 49.7 Å². The number of methoxy groups -OCH3 is 1. The molecule has 0 unspecified atom stereocenters. The lowest BCUT2D eigenvalue weighted by molar-refractivity contribution is 0.0773. The number of carbonyl (C=O) groups is 1. The van der Waals surface area contributed by atoms with Gasteiger partial charge < -0.3 is 15.0 Å². The fourth-order valence-electron chi connectivity index (χ4n) is 3.13. The number of benzene rings is 2. The largest absolute Gasteiger partial charge is 0.497 e. The Morgan fingerprint density at radius 2 is 1.86 bits per heavy atom. The number of anilines is 1. The van der Waals surface area contributed by atoms with E-state index in [0.29, 0.717) is 30.2 Å². The summed E-state index contributed by atoms with van der Waals surface area (Å²) in [5.41, 5.74) is 3.17. The summed E-state index contributed by atoms with van der Waals surface area (Å²) in [5.74, 6) is 0.763. The van der Waals surface area contributed by atoms with E-state index in [1.807, 2.05) is 50.2 Å². The number of pyridine rings is 1. The van der Waals surface area contributed by atoms with Crippen molar-refractivity contribution in [1.29, 1.82) is 0 Å². The highest BCUT2D eigenvalue weighted by Crippen LogP contribution is 2.30. The number of rotatable bonds is 7. The third-order valence-corrected chi connectivity index (χ3v) is 4.97. The lowest BCUT2D eigenvalue weighted by atomic mass is 10.1. The highest BCUT2D eigenvalue weighted by molar-refractivity contribution is 6.31. The van der Waals surface area contributed by atoms with E-state index >= 15 is 0 Å². The van der Waals surface area contributed by atoms with Crippen molar-refractivity contribution in [2.75, 3.05) is 25.5 Å². The molecule has 1 heterocycles. The Hall–Kier alpha value is -2.79. The summed E-state index contributed by atoms with van der Waals surface area (Å²) in [5, 5.41) is 4.87. The van der Waals surface area contributed by atoms with E-state index in [2.05, 4.69) is 10.3 Å². The molecule has 2 aromatic carbocycles. The second kappa shape index (κ2) is 8.93. The molecule has 146 valence electrons. The van der Waals surface area contributed by atoms with E-state index in [-0.39, 0.29) is 5.91 Å². The highest BCUT2D eigenvalue weighted by atomic mass is 35.5. The van der Waals surface area contributed by atoms with Crippen LogP contribution in [0, 0.1) is 0 Å². The van der Waals surface area contributed by atoms with Crippen LogP contribution < -0.4 is 10.1 Å². The molecule has 3 aromatic rings. The SMILES string of the molecule is CCN(CC)C(=O)c1cnc2ccc(Cl)cc2c1NCc1ccc(OC)cc1. The minimum atomic E-state index is -0.0448. The smallest absolute Gasteiger partial charge is 0.257 e. The van der Waals surface area contributed by atoms with Crippen LogP contribution in [0.15, 0.2) is 48.7 Å². The van der Waals surface area contributed by atoms with Gasteiger partial charge in [-0.2, -0.15) is 0 Å². The van der Waals surface area contributed by atoms with Gasteiger partial charge in [0.2, 0.25) is 0 Å². The molecule has 0 atom stereocenters. The summed E-state index contributed by atoms with van der Waals surface area (Å²) in [7, 11) is 1.64. The van der Waals surface area contributed by atoms with Crippen molar-refractivity contribution in [2.45, 2.75) is 20.4 Å². The molecule has 1 aromatic heterocycles. The summed E-state index contributed by atoms with van der Waals surface area (Å²) in [6.07, 6.45) is 1.65. The monoisotopic (exact) mass is 397 g/mol. The van der Waals surface area contributed by atoms with Crippen molar-refractivity contribution in [2.24, 2.45) is 0 Å². The average Bonchev–Trinajstić information content (AvgIpc) is 2.73. The molecule has 3 rings (SSSR count). The molecule has 28 heavy (non-hydrogen) atoms. The number of halogens is 1. The van der Waals surface area contributed by atoms with Gasteiger partial charge >= 0.3 is 0 Å². The van der Waals surface area contributed by atoms with E-state index < -0.39 is 0 Å². The quantitative estimate of drug-likeness (QED) is 0.610. The maximum absolute atomic E-state index is 13.0. The van der Waals surface area contributed by atoms with Crippen LogP contribution in [0.2, 0.25) is 5.02 Å². The predicted octanol–water partition coefficient (Wildman–Crippen LogP) is 4.99. The number of aromatic nitrogens is 1. The van der Waals surface area contributed by atoms with E-state index in [1.54, 1.807) is 24.3 Å². The van der Waals surface area contributed by atoms with Gasteiger partial charge in [0, 0.05) is 36.2 Å². The van der Waals surface area contributed by atoms with Crippen LogP contribution in [0.3, 0.4) is 0 Å². The number of nitrogens with zero attached hydrogens (tertiary/aromatic N) is 2. The minimum Gasteiger partial charge on any atom is -0.497 e. The van der Waals surface area contributed by atoms with Gasteiger partial charge in [-0.1, -0.05) is 23.7 Å². The summed E-state index contributed by atoms with van der Waals surface area (Å²) >= 11 is 6.23. The van der Waals surface area contributed by atoms with Gasteiger partial charge in [0.15, 0.2) is 0 Å². The zero-order valence-electron chi connectivity index (χ0n) is 16.3. The number of carbonyl (C=O) groups excluding carboxylic acids is 1. The average molecular weight is 398 g/mol. The highest BCUT2D eigenvalue weighted by Gasteiger charge is 2.19. The lowest BCUT2D eigenvalue weighted by Gasteiger charge is -2.21. The van der Waals surface area contributed by atoms with Crippen LogP contribution in [0.5, 0.6) is 5.75 Å². The lowest BCUT2D eigenvalue weighted by Crippen LogP contribution is -2.31. The first kappa shape index (κ1) is 20.0. The molecule has 1 amide bonds. The number of hydrogen-bond donors (Lipinski definition) is 1. The third-order valence-electron chi connectivity index (χ3n) is 4.74. The summed E-state index contributed by atoms with van der Waals surface area (Å²) in [4.78, 5) is 19.3. The van der Waals surface area contributed by atoms with Crippen molar-refractivity contribution in [1.82, 2.24) is 9.88 Å². The normalized spacial score (nSPS) is 10.7. The molecule has 1 N–H and O–H groups in total. The molecule has 0 aliphatic heterocycles. The fraction of sp³-hybridized carbons (Fsp3) is 0.273. The zero-order valence-corrected chi connectivity index (χ0v) is 17.1. The van der Waals surface area contributed by atoms with Crippen LogP contribution in [0.4, 0.5) is 5.69 Å².